The van der Waals surface area contributed by atoms with Crippen LogP contribution in [0.25, 0.3) is 0 Å². The van der Waals surface area contributed by atoms with Gasteiger partial charge in [0.2, 0.25) is 0 Å². The van der Waals surface area contributed by atoms with Gasteiger partial charge in [-0.15, -0.1) is 0 Å². The summed E-state index contributed by atoms with van der Waals surface area (Å²) in [6.07, 6.45) is 3.35. The fraction of sp³-hybridized carbons (Fsp3) is 0.533. The molecule has 11 N–H and O–H groups in total. The highest BCUT2D eigenvalue weighted by atomic mass is 32.1. The SMILES string of the molecule is CC(C)(S)C(N)C(=O)O.NC(N)=NCCCC(N)C(=O)O.O=C1C=CC(=O)N1. The van der Waals surface area contributed by atoms with E-state index < -0.39 is 28.8 Å². The number of aliphatic imine (C=N–C) groups is 1. The maximum atomic E-state index is 10.2. The van der Waals surface area contributed by atoms with Crippen molar-refractivity contribution >= 4 is 42.3 Å². The Balaban J connectivity index is 0. The average Bonchev–Trinajstić information content (AvgIpc) is 2.93. The highest BCUT2D eigenvalue weighted by molar-refractivity contribution is 7.81. The third-order valence-corrected chi connectivity index (χ3v) is 3.22. The third kappa shape index (κ3) is 15.6. The fourth-order valence-electron chi connectivity index (χ4n) is 1.30. The highest BCUT2D eigenvalue weighted by Crippen LogP contribution is 2.15. The first-order valence-corrected chi connectivity index (χ1v) is 8.40. The van der Waals surface area contributed by atoms with E-state index in [2.05, 4.69) is 17.6 Å². The molecule has 0 bridgehead atoms. The number of nitrogens with zero attached hydrogens (tertiary/aromatic N) is 1. The summed E-state index contributed by atoms with van der Waals surface area (Å²) < 4.78 is -0.647. The predicted molar refractivity (Wildman–Crippen MR) is 106 cm³/mol. The molecule has 2 unspecified atom stereocenters. The molecule has 0 aromatic rings. The summed E-state index contributed by atoms with van der Waals surface area (Å²) in [5.41, 5.74) is 20.5. The molecule has 28 heavy (non-hydrogen) atoms. The second-order valence-corrected chi connectivity index (χ2v) is 7.20. The molecule has 160 valence electrons. The van der Waals surface area contributed by atoms with Crippen LogP contribution in [0.15, 0.2) is 17.1 Å². The number of hydrogen-bond donors (Lipinski definition) is 8. The van der Waals surface area contributed by atoms with Crippen LogP contribution in [0.5, 0.6) is 0 Å². The summed E-state index contributed by atoms with van der Waals surface area (Å²) in [4.78, 5) is 44.1. The normalized spacial score (nSPS) is 14.5. The van der Waals surface area contributed by atoms with Gasteiger partial charge in [-0.3, -0.25) is 29.5 Å². The van der Waals surface area contributed by atoms with Gasteiger partial charge in [-0.1, -0.05) is 0 Å². The number of aliphatic carboxylic acids is 2. The van der Waals surface area contributed by atoms with Crippen LogP contribution in [0.4, 0.5) is 0 Å². The van der Waals surface area contributed by atoms with Crippen molar-refractivity contribution in [3.8, 4) is 0 Å². The van der Waals surface area contributed by atoms with E-state index in [1.165, 1.54) is 12.2 Å². The minimum Gasteiger partial charge on any atom is -0.480 e. The Morgan fingerprint density at radius 3 is 1.82 bits per heavy atom. The minimum atomic E-state index is -1.02. The van der Waals surface area contributed by atoms with E-state index in [0.29, 0.717) is 19.4 Å². The zero-order valence-corrected chi connectivity index (χ0v) is 16.6. The zero-order chi connectivity index (χ0) is 22.5. The largest absolute Gasteiger partial charge is 0.480 e. The smallest absolute Gasteiger partial charge is 0.321 e. The molecular weight excluding hydrogens is 392 g/mol. The maximum Gasteiger partial charge on any atom is 0.321 e. The van der Waals surface area contributed by atoms with Crippen molar-refractivity contribution in [3.05, 3.63) is 12.2 Å². The number of guanidine groups is 1. The lowest BCUT2D eigenvalue weighted by atomic mass is 10.1. The van der Waals surface area contributed by atoms with Gasteiger partial charge in [0, 0.05) is 23.4 Å². The van der Waals surface area contributed by atoms with Gasteiger partial charge in [0.05, 0.1) is 0 Å². The summed E-state index contributed by atoms with van der Waals surface area (Å²) in [5, 5.41) is 18.8. The quantitative estimate of drug-likeness (QED) is 0.0724. The number of hydrogen-bond acceptors (Lipinski definition) is 8. The number of carbonyl (C=O) groups is 4. The molecule has 0 radical (unpaired) electrons. The predicted octanol–water partition coefficient (Wildman–Crippen LogP) is -2.24. The Kier molecular flexibility index (Phi) is 13.3. The summed E-state index contributed by atoms with van der Waals surface area (Å²) in [6.45, 7) is 3.74. The van der Waals surface area contributed by atoms with Gasteiger partial charge >= 0.3 is 11.9 Å². The highest BCUT2D eigenvalue weighted by Gasteiger charge is 2.27. The van der Waals surface area contributed by atoms with Crippen LogP contribution in [-0.2, 0) is 19.2 Å². The van der Waals surface area contributed by atoms with Crippen molar-refractivity contribution in [2.75, 3.05) is 6.54 Å². The first-order chi connectivity index (χ1) is 12.7. The van der Waals surface area contributed by atoms with E-state index >= 15 is 0 Å². The standard InChI is InChI=1S/C6H14N4O2.C5H11NO2S.C4H3NO2/c7-4(5(11)12)2-1-3-10-6(8)9;1-5(2,9)3(6)4(7)8;6-3-1-2-4(7)5-3/h4H,1-3,7H2,(H,11,12)(H4,8,9,10);3,9H,6H2,1-2H3,(H,7,8);1-2H,(H,5,6,7). The Bertz CT molecular complexity index is 597. The molecule has 0 spiro atoms. The van der Waals surface area contributed by atoms with E-state index in [9.17, 15) is 19.2 Å². The monoisotopic (exact) mass is 420 g/mol. The van der Waals surface area contributed by atoms with E-state index in [4.69, 9.17) is 33.1 Å². The Labute approximate surface area is 167 Å². The van der Waals surface area contributed by atoms with Crippen LogP contribution in [-0.4, -0.2) is 63.3 Å². The number of imide groups is 1. The maximum absolute atomic E-state index is 10.2. The second kappa shape index (κ2) is 13.5. The summed E-state index contributed by atoms with van der Waals surface area (Å²) in [5.74, 6) is -2.66. The molecule has 1 aliphatic rings. The van der Waals surface area contributed by atoms with E-state index in [0.717, 1.165) is 0 Å². The van der Waals surface area contributed by atoms with E-state index in [1.807, 2.05) is 5.32 Å². The van der Waals surface area contributed by atoms with Crippen LogP contribution in [0.2, 0.25) is 0 Å². The molecule has 0 aromatic heterocycles. The van der Waals surface area contributed by atoms with Crippen LogP contribution >= 0.6 is 12.6 Å². The lowest BCUT2D eigenvalue weighted by Crippen LogP contribution is -2.45. The molecule has 1 rings (SSSR count). The molecule has 0 fully saturated rings. The number of nitrogens with one attached hydrogen (secondary N) is 1. The summed E-state index contributed by atoms with van der Waals surface area (Å²) in [6, 6.07) is -1.72. The summed E-state index contributed by atoms with van der Waals surface area (Å²) in [7, 11) is 0. The molecule has 1 aliphatic heterocycles. The van der Waals surface area contributed by atoms with Gasteiger partial charge in [-0.2, -0.15) is 12.6 Å². The zero-order valence-electron chi connectivity index (χ0n) is 15.7. The molecule has 0 aliphatic carbocycles. The molecule has 0 saturated heterocycles. The van der Waals surface area contributed by atoms with Crippen LogP contribution in [0, 0.1) is 0 Å². The van der Waals surface area contributed by atoms with Gasteiger partial charge in [0.15, 0.2) is 5.96 Å². The van der Waals surface area contributed by atoms with Gasteiger partial charge in [-0.25, -0.2) is 0 Å². The van der Waals surface area contributed by atoms with E-state index in [1.54, 1.807) is 13.8 Å². The van der Waals surface area contributed by atoms with Crippen LogP contribution in [0.1, 0.15) is 26.7 Å². The Hall–Kier alpha value is -2.64. The Morgan fingerprint density at radius 2 is 1.61 bits per heavy atom. The van der Waals surface area contributed by atoms with Gasteiger partial charge in [-0.05, 0) is 26.7 Å². The van der Waals surface area contributed by atoms with E-state index in [-0.39, 0.29) is 17.8 Å². The lowest BCUT2D eigenvalue weighted by Gasteiger charge is -2.21. The summed E-state index contributed by atoms with van der Waals surface area (Å²) >= 11 is 3.98. The first-order valence-electron chi connectivity index (χ1n) is 7.96. The van der Waals surface area contributed by atoms with Crippen LogP contribution in [0.3, 0.4) is 0 Å². The number of carbonyl (C=O) groups excluding carboxylic acids is 2. The lowest BCUT2D eigenvalue weighted by molar-refractivity contribution is -0.139. The molecule has 12 nitrogen and oxygen atoms in total. The topological polar surface area (TPSA) is 237 Å². The van der Waals surface area contributed by atoms with Crippen LogP contribution < -0.4 is 28.3 Å². The number of amides is 2. The molecule has 2 amide bonds. The minimum absolute atomic E-state index is 0.0129. The van der Waals surface area contributed by atoms with Crippen molar-refractivity contribution < 1.29 is 29.4 Å². The molecule has 0 aromatic carbocycles. The Morgan fingerprint density at radius 1 is 1.14 bits per heavy atom. The van der Waals surface area contributed by atoms with Crippen molar-refractivity contribution in [1.82, 2.24) is 5.32 Å². The number of thiol groups is 1. The molecular formula is C15H28N6O6S. The average molecular weight is 420 g/mol. The number of carboxylic acid groups (broad SMARTS) is 2. The number of nitrogens with two attached hydrogens (primary N) is 4. The van der Waals surface area contributed by atoms with Crippen molar-refractivity contribution in [1.29, 1.82) is 0 Å². The van der Waals surface area contributed by atoms with Crippen molar-refractivity contribution in [3.63, 3.8) is 0 Å². The molecule has 0 saturated carbocycles. The number of rotatable bonds is 7. The second-order valence-electron chi connectivity index (χ2n) is 6.05. The molecule has 13 heteroatoms. The fourth-order valence-corrected chi connectivity index (χ4v) is 1.41. The van der Waals surface area contributed by atoms with Gasteiger partial charge < -0.3 is 33.1 Å². The molecule has 2 atom stereocenters. The third-order valence-electron chi connectivity index (χ3n) is 2.94. The first kappa shape index (κ1) is 27.6. The molecule has 1 heterocycles. The number of carboxylic acids is 2. The van der Waals surface area contributed by atoms with Gasteiger partial charge in [0.25, 0.3) is 11.8 Å². The van der Waals surface area contributed by atoms with Gasteiger partial charge in [0.1, 0.15) is 12.1 Å². The van der Waals surface area contributed by atoms with Crippen molar-refractivity contribution in [2.45, 2.75) is 43.5 Å². The van der Waals surface area contributed by atoms with Crippen molar-refractivity contribution in [2.24, 2.45) is 27.9 Å².